The molecule has 4 heteroatoms. The summed E-state index contributed by atoms with van der Waals surface area (Å²) in [5, 5.41) is 5.92. The zero-order valence-corrected chi connectivity index (χ0v) is 11.6. The Balaban J connectivity index is 1.93. The number of rotatable bonds is 3. The quantitative estimate of drug-likeness (QED) is 0.877. The summed E-state index contributed by atoms with van der Waals surface area (Å²) < 4.78 is 5.21. The summed E-state index contributed by atoms with van der Waals surface area (Å²) in [5.41, 5.74) is 0.700. The van der Waals surface area contributed by atoms with Gasteiger partial charge in [0.1, 0.15) is 5.75 Å². The number of carbonyl (C=O) groups is 1. The Morgan fingerprint density at radius 3 is 2.74 bits per heavy atom. The van der Waals surface area contributed by atoms with Gasteiger partial charge in [-0.3, -0.25) is 0 Å². The first-order valence-corrected chi connectivity index (χ1v) is 6.91. The predicted octanol–water partition coefficient (Wildman–Crippen LogP) is 3.40. The molecule has 2 unspecified atom stereocenters. The number of hydrogen-bond donors (Lipinski definition) is 2. The van der Waals surface area contributed by atoms with Crippen LogP contribution < -0.4 is 15.4 Å². The highest BCUT2D eigenvalue weighted by atomic mass is 16.5. The van der Waals surface area contributed by atoms with E-state index in [4.69, 9.17) is 4.74 Å². The molecule has 0 spiro atoms. The van der Waals surface area contributed by atoms with E-state index < -0.39 is 0 Å². The number of hydrogen-bond acceptors (Lipinski definition) is 2. The van der Waals surface area contributed by atoms with Gasteiger partial charge in [-0.05, 0) is 30.9 Å². The molecule has 0 radical (unpaired) electrons. The Hall–Kier alpha value is -1.71. The van der Waals surface area contributed by atoms with E-state index in [0.717, 1.165) is 6.42 Å². The standard InChI is InChI=1S/C15H22N2O2/c1-11-7-3-4-8-12(11)16-15(18)17-13-9-5-6-10-14(13)19-2/h5-6,9-12H,3-4,7-8H2,1-2H3,(H2,16,17,18). The van der Waals surface area contributed by atoms with Crippen LogP contribution >= 0.6 is 0 Å². The number of ether oxygens (including phenoxy) is 1. The molecule has 1 aliphatic carbocycles. The Labute approximate surface area is 114 Å². The second kappa shape index (κ2) is 6.45. The average Bonchev–Trinajstić information content (AvgIpc) is 2.42. The fourth-order valence-electron chi connectivity index (χ4n) is 2.61. The SMILES string of the molecule is COc1ccccc1NC(=O)NC1CCCCC1C. The van der Waals surface area contributed by atoms with Gasteiger partial charge >= 0.3 is 6.03 Å². The molecule has 2 rings (SSSR count). The highest BCUT2D eigenvalue weighted by molar-refractivity contribution is 5.91. The number of benzene rings is 1. The van der Waals surface area contributed by atoms with E-state index in [9.17, 15) is 4.79 Å². The fraction of sp³-hybridized carbons (Fsp3) is 0.533. The third-order valence-electron chi connectivity index (χ3n) is 3.78. The maximum absolute atomic E-state index is 12.0. The van der Waals surface area contributed by atoms with Gasteiger partial charge in [0, 0.05) is 6.04 Å². The number of methoxy groups -OCH3 is 1. The molecule has 2 amide bonds. The minimum Gasteiger partial charge on any atom is -0.495 e. The molecule has 1 aromatic rings. The summed E-state index contributed by atoms with van der Waals surface area (Å²) in [6, 6.07) is 7.56. The van der Waals surface area contributed by atoms with Crippen molar-refractivity contribution < 1.29 is 9.53 Å². The van der Waals surface area contributed by atoms with Gasteiger partial charge in [-0.1, -0.05) is 31.9 Å². The van der Waals surface area contributed by atoms with Gasteiger partial charge in [-0.15, -0.1) is 0 Å². The predicted molar refractivity (Wildman–Crippen MR) is 76.6 cm³/mol. The number of carbonyl (C=O) groups excluding carboxylic acids is 1. The lowest BCUT2D eigenvalue weighted by Crippen LogP contribution is -2.43. The normalized spacial score (nSPS) is 22.6. The summed E-state index contributed by atoms with van der Waals surface area (Å²) in [5.74, 6) is 1.23. The maximum atomic E-state index is 12.0. The molecule has 0 aromatic heterocycles. The molecule has 2 N–H and O–H groups in total. The first-order chi connectivity index (χ1) is 9.20. The summed E-state index contributed by atoms with van der Waals surface area (Å²) in [7, 11) is 1.60. The molecule has 0 aliphatic heterocycles. The van der Waals surface area contributed by atoms with Crippen LogP contribution in [0.1, 0.15) is 32.6 Å². The van der Waals surface area contributed by atoms with Gasteiger partial charge in [0.25, 0.3) is 0 Å². The topological polar surface area (TPSA) is 50.4 Å². The second-order valence-electron chi connectivity index (χ2n) is 5.17. The number of para-hydroxylation sites is 2. The lowest BCUT2D eigenvalue weighted by atomic mass is 9.86. The monoisotopic (exact) mass is 262 g/mol. The van der Waals surface area contributed by atoms with Crippen LogP contribution in [0.15, 0.2) is 24.3 Å². The van der Waals surface area contributed by atoms with Crippen LogP contribution in [0, 0.1) is 5.92 Å². The third kappa shape index (κ3) is 3.63. The Bertz CT molecular complexity index is 434. The van der Waals surface area contributed by atoms with Crippen molar-refractivity contribution >= 4 is 11.7 Å². The molecule has 1 fully saturated rings. The van der Waals surface area contributed by atoms with E-state index in [0.29, 0.717) is 17.4 Å². The van der Waals surface area contributed by atoms with Crippen molar-refractivity contribution in [1.29, 1.82) is 0 Å². The van der Waals surface area contributed by atoms with Crippen LogP contribution in [0.2, 0.25) is 0 Å². The Morgan fingerprint density at radius 2 is 2.00 bits per heavy atom. The van der Waals surface area contributed by atoms with Gasteiger partial charge in [-0.2, -0.15) is 0 Å². The van der Waals surface area contributed by atoms with Crippen molar-refractivity contribution in [2.75, 3.05) is 12.4 Å². The van der Waals surface area contributed by atoms with Crippen LogP contribution in [-0.4, -0.2) is 19.2 Å². The second-order valence-corrected chi connectivity index (χ2v) is 5.17. The van der Waals surface area contributed by atoms with Gasteiger partial charge in [0.2, 0.25) is 0 Å². The van der Waals surface area contributed by atoms with Crippen molar-refractivity contribution in [1.82, 2.24) is 5.32 Å². The van der Waals surface area contributed by atoms with Gasteiger partial charge in [0.15, 0.2) is 0 Å². The molecule has 19 heavy (non-hydrogen) atoms. The molecule has 0 saturated heterocycles. The minimum absolute atomic E-state index is 0.150. The summed E-state index contributed by atoms with van der Waals surface area (Å²) in [6.07, 6.45) is 4.73. The van der Waals surface area contributed by atoms with E-state index in [-0.39, 0.29) is 12.1 Å². The van der Waals surface area contributed by atoms with Crippen LogP contribution in [0.25, 0.3) is 0 Å². The molecule has 104 valence electrons. The van der Waals surface area contributed by atoms with Crippen molar-refractivity contribution in [3.05, 3.63) is 24.3 Å². The highest BCUT2D eigenvalue weighted by Gasteiger charge is 2.22. The lowest BCUT2D eigenvalue weighted by molar-refractivity contribution is 0.232. The largest absolute Gasteiger partial charge is 0.495 e. The number of nitrogens with one attached hydrogen (secondary N) is 2. The first-order valence-electron chi connectivity index (χ1n) is 6.91. The molecule has 4 nitrogen and oxygen atoms in total. The van der Waals surface area contributed by atoms with E-state index >= 15 is 0 Å². The molecule has 1 saturated carbocycles. The molecule has 1 aliphatic rings. The molecule has 1 aromatic carbocycles. The van der Waals surface area contributed by atoms with E-state index in [2.05, 4.69) is 17.6 Å². The number of urea groups is 1. The first kappa shape index (κ1) is 13.7. The van der Waals surface area contributed by atoms with Crippen LogP contribution in [0.3, 0.4) is 0 Å². The Kier molecular flexibility index (Phi) is 4.66. The van der Waals surface area contributed by atoms with Gasteiger partial charge in [-0.25, -0.2) is 4.79 Å². The van der Waals surface area contributed by atoms with Crippen molar-refractivity contribution in [3.8, 4) is 5.75 Å². The molecule has 0 bridgehead atoms. The van der Waals surface area contributed by atoms with Crippen LogP contribution in [0.4, 0.5) is 10.5 Å². The van der Waals surface area contributed by atoms with Crippen molar-refractivity contribution in [3.63, 3.8) is 0 Å². The molecule has 2 atom stereocenters. The Morgan fingerprint density at radius 1 is 1.26 bits per heavy atom. The summed E-state index contributed by atoms with van der Waals surface area (Å²) >= 11 is 0. The summed E-state index contributed by atoms with van der Waals surface area (Å²) in [4.78, 5) is 12.0. The van der Waals surface area contributed by atoms with Crippen LogP contribution in [-0.2, 0) is 0 Å². The molecule has 0 heterocycles. The van der Waals surface area contributed by atoms with Crippen molar-refractivity contribution in [2.24, 2.45) is 5.92 Å². The number of anilines is 1. The average molecular weight is 262 g/mol. The zero-order chi connectivity index (χ0) is 13.7. The van der Waals surface area contributed by atoms with E-state index in [1.165, 1.54) is 19.3 Å². The number of amides is 2. The van der Waals surface area contributed by atoms with E-state index in [1.54, 1.807) is 7.11 Å². The zero-order valence-electron chi connectivity index (χ0n) is 11.6. The minimum atomic E-state index is -0.150. The highest BCUT2D eigenvalue weighted by Crippen LogP contribution is 2.25. The van der Waals surface area contributed by atoms with E-state index in [1.807, 2.05) is 24.3 Å². The van der Waals surface area contributed by atoms with Crippen LogP contribution in [0.5, 0.6) is 5.75 Å². The lowest BCUT2D eigenvalue weighted by Gasteiger charge is -2.29. The fourth-order valence-corrected chi connectivity index (χ4v) is 2.61. The maximum Gasteiger partial charge on any atom is 0.319 e. The molecular formula is C15H22N2O2. The smallest absolute Gasteiger partial charge is 0.319 e. The van der Waals surface area contributed by atoms with Gasteiger partial charge in [0.05, 0.1) is 12.8 Å². The van der Waals surface area contributed by atoms with Gasteiger partial charge < -0.3 is 15.4 Å². The molecular weight excluding hydrogens is 240 g/mol. The third-order valence-corrected chi connectivity index (χ3v) is 3.78. The summed E-state index contributed by atoms with van der Waals surface area (Å²) in [6.45, 7) is 2.20. The van der Waals surface area contributed by atoms with Crippen molar-refractivity contribution in [2.45, 2.75) is 38.6 Å².